The van der Waals surface area contributed by atoms with Gasteiger partial charge in [-0.25, -0.2) is 0 Å². The number of carbonyl (C=O) groups is 3. The van der Waals surface area contributed by atoms with E-state index in [9.17, 15) is 14.4 Å². The fourth-order valence-electron chi connectivity index (χ4n) is 4.01. The van der Waals surface area contributed by atoms with Gasteiger partial charge in [0, 0.05) is 30.8 Å². The van der Waals surface area contributed by atoms with Crippen molar-refractivity contribution in [1.29, 1.82) is 0 Å². The van der Waals surface area contributed by atoms with Crippen LogP contribution < -0.4 is 10.1 Å². The number of Topliss-reactive ketones (excluding diaryl/α,β-unsaturated/α-hetero) is 1. The average Bonchev–Trinajstić information content (AvgIpc) is 3.31. The minimum absolute atomic E-state index is 0.0548. The molecule has 1 fully saturated rings. The Kier molecular flexibility index (Phi) is 7.70. The fourth-order valence-corrected chi connectivity index (χ4v) is 4.01. The number of carbonyl (C=O) groups excluding carboxylic acids is 3. The molecular weight excluding hydrogens is 432 g/mol. The summed E-state index contributed by atoms with van der Waals surface area (Å²) in [6, 6.07) is 18.5. The summed E-state index contributed by atoms with van der Waals surface area (Å²) in [5.41, 5.74) is 1.21. The van der Waals surface area contributed by atoms with Gasteiger partial charge in [0.15, 0.2) is 5.78 Å². The van der Waals surface area contributed by atoms with Gasteiger partial charge in [0.1, 0.15) is 12.3 Å². The third-order valence-corrected chi connectivity index (χ3v) is 5.76. The first-order valence-corrected chi connectivity index (χ1v) is 11.5. The third kappa shape index (κ3) is 6.31. The number of amides is 2. The summed E-state index contributed by atoms with van der Waals surface area (Å²) in [6.07, 6.45) is 4.92. The molecule has 2 aromatic carbocycles. The number of aromatic nitrogens is 2. The topological polar surface area (TPSA) is 93.5 Å². The second-order valence-electron chi connectivity index (χ2n) is 8.30. The van der Waals surface area contributed by atoms with Gasteiger partial charge in [0.05, 0.1) is 24.9 Å². The molecule has 2 heterocycles. The number of para-hydroxylation sites is 1. The van der Waals surface area contributed by atoms with Crippen LogP contribution in [0.15, 0.2) is 73.1 Å². The van der Waals surface area contributed by atoms with Gasteiger partial charge in [-0.1, -0.05) is 48.5 Å². The highest BCUT2D eigenvalue weighted by Crippen LogP contribution is 2.21. The first-order valence-electron chi connectivity index (χ1n) is 11.5. The van der Waals surface area contributed by atoms with Crippen molar-refractivity contribution in [1.82, 2.24) is 14.7 Å². The second kappa shape index (κ2) is 11.3. The second-order valence-corrected chi connectivity index (χ2v) is 8.30. The molecule has 1 aromatic heterocycles. The molecule has 176 valence electrons. The van der Waals surface area contributed by atoms with Crippen LogP contribution in [0.4, 0.5) is 5.69 Å². The Bertz CT molecular complexity index is 1110. The molecule has 4 rings (SSSR count). The normalized spacial score (nSPS) is 15.5. The lowest BCUT2D eigenvalue weighted by atomic mass is 9.90. The minimum atomic E-state index is -0.194. The van der Waals surface area contributed by atoms with Gasteiger partial charge in [-0.05, 0) is 25.0 Å². The number of nitrogens with zero attached hydrogens (tertiary/aromatic N) is 3. The van der Waals surface area contributed by atoms with Crippen LogP contribution in [0.3, 0.4) is 0 Å². The number of ether oxygens (including phenoxy) is 1. The van der Waals surface area contributed by atoms with Crippen molar-refractivity contribution in [3.63, 3.8) is 0 Å². The number of anilines is 1. The van der Waals surface area contributed by atoms with Crippen LogP contribution in [-0.2, 0) is 16.1 Å². The molecular formula is C26H28N4O4. The number of rotatable bonds is 9. The summed E-state index contributed by atoms with van der Waals surface area (Å²) in [5.74, 6) is 0.319. The molecule has 1 N–H and O–H groups in total. The van der Waals surface area contributed by atoms with E-state index in [2.05, 4.69) is 10.4 Å². The number of piperidine rings is 1. The van der Waals surface area contributed by atoms with Gasteiger partial charge in [-0.15, -0.1) is 0 Å². The highest BCUT2D eigenvalue weighted by Gasteiger charge is 2.29. The standard InChI is InChI=1S/C26H28N4O4/c31-24(13-15-34-23-11-5-2-6-12-23)28-22-16-27-30(18-22)19-25(32)29-14-7-10-21(17-29)26(33)20-8-3-1-4-9-20/h1-6,8-9,11-12,16,18,21H,7,10,13-15,17,19H2,(H,28,31)/t21-/m1/s1. The highest BCUT2D eigenvalue weighted by atomic mass is 16.5. The van der Waals surface area contributed by atoms with Crippen molar-refractivity contribution in [2.24, 2.45) is 5.92 Å². The molecule has 0 saturated carbocycles. The Morgan fingerprint density at radius 1 is 1.03 bits per heavy atom. The van der Waals surface area contributed by atoms with E-state index in [1.54, 1.807) is 11.1 Å². The first kappa shape index (κ1) is 23.2. The van der Waals surface area contributed by atoms with Crippen LogP contribution in [0, 0.1) is 5.92 Å². The maximum absolute atomic E-state index is 12.8. The summed E-state index contributed by atoms with van der Waals surface area (Å²) < 4.78 is 7.04. The van der Waals surface area contributed by atoms with Crippen LogP contribution in [0.1, 0.15) is 29.6 Å². The molecule has 0 unspecified atom stereocenters. The molecule has 1 atom stereocenters. The van der Waals surface area contributed by atoms with E-state index in [0.717, 1.165) is 12.8 Å². The maximum Gasteiger partial charge on any atom is 0.244 e. The smallest absolute Gasteiger partial charge is 0.244 e. The largest absolute Gasteiger partial charge is 0.493 e. The quantitative estimate of drug-likeness (QED) is 0.494. The number of ketones is 1. The fraction of sp³-hybridized carbons (Fsp3) is 0.308. The van der Waals surface area contributed by atoms with Crippen LogP contribution in [0.5, 0.6) is 5.75 Å². The zero-order chi connectivity index (χ0) is 23.8. The SMILES string of the molecule is O=C(CCOc1ccccc1)Nc1cnn(CC(=O)N2CCC[C@@H](C(=O)c3ccccc3)C2)c1. The lowest BCUT2D eigenvalue weighted by Gasteiger charge is -2.32. The molecule has 0 aliphatic carbocycles. The molecule has 34 heavy (non-hydrogen) atoms. The zero-order valence-electron chi connectivity index (χ0n) is 18.9. The number of likely N-dealkylation sites (tertiary alicyclic amines) is 1. The van der Waals surface area contributed by atoms with E-state index in [1.807, 2.05) is 60.7 Å². The van der Waals surface area contributed by atoms with Crippen molar-refractivity contribution in [3.8, 4) is 5.75 Å². The van der Waals surface area contributed by atoms with Gasteiger partial charge in [-0.3, -0.25) is 19.1 Å². The van der Waals surface area contributed by atoms with Crippen LogP contribution >= 0.6 is 0 Å². The third-order valence-electron chi connectivity index (χ3n) is 5.76. The molecule has 2 amide bonds. The van der Waals surface area contributed by atoms with Gasteiger partial charge in [-0.2, -0.15) is 5.10 Å². The zero-order valence-corrected chi connectivity index (χ0v) is 18.9. The Balaban J connectivity index is 1.24. The van der Waals surface area contributed by atoms with E-state index < -0.39 is 0 Å². The Morgan fingerprint density at radius 3 is 2.53 bits per heavy atom. The van der Waals surface area contributed by atoms with Gasteiger partial charge < -0.3 is 15.0 Å². The molecule has 1 aliphatic rings. The highest BCUT2D eigenvalue weighted by molar-refractivity contribution is 5.98. The number of hydrogen-bond acceptors (Lipinski definition) is 5. The molecule has 3 aromatic rings. The molecule has 8 nitrogen and oxygen atoms in total. The van der Waals surface area contributed by atoms with E-state index >= 15 is 0 Å². The molecule has 8 heteroatoms. The van der Waals surface area contributed by atoms with Gasteiger partial charge in [0.2, 0.25) is 11.8 Å². The Hall–Kier alpha value is -3.94. The number of nitrogens with one attached hydrogen (secondary N) is 1. The van der Waals surface area contributed by atoms with Crippen LogP contribution in [-0.4, -0.2) is 52.0 Å². The number of benzene rings is 2. The van der Waals surface area contributed by atoms with Crippen LogP contribution in [0.2, 0.25) is 0 Å². The van der Waals surface area contributed by atoms with Gasteiger partial charge >= 0.3 is 0 Å². The molecule has 1 saturated heterocycles. The van der Waals surface area contributed by atoms with E-state index in [0.29, 0.717) is 30.1 Å². The minimum Gasteiger partial charge on any atom is -0.493 e. The summed E-state index contributed by atoms with van der Waals surface area (Å²) in [6.45, 7) is 1.36. The van der Waals surface area contributed by atoms with Crippen molar-refractivity contribution in [3.05, 3.63) is 78.6 Å². The maximum atomic E-state index is 12.8. The average molecular weight is 461 g/mol. The van der Waals surface area contributed by atoms with E-state index in [1.165, 1.54) is 10.9 Å². The van der Waals surface area contributed by atoms with Crippen molar-refractivity contribution in [2.45, 2.75) is 25.8 Å². The Morgan fingerprint density at radius 2 is 1.76 bits per heavy atom. The van der Waals surface area contributed by atoms with Gasteiger partial charge in [0.25, 0.3) is 0 Å². The van der Waals surface area contributed by atoms with E-state index in [-0.39, 0.29) is 43.1 Å². The molecule has 0 radical (unpaired) electrons. The summed E-state index contributed by atoms with van der Waals surface area (Å²) in [7, 11) is 0. The first-order chi connectivity index (χ1) is 16.6. The van der Waals surface area contributed by atoms with Crippen molar-refractivity contribution in [2.75, 3.05) is 25.0 Å². The van der Waals surface area contributed by atoms with E-state index in [4.69, 9.17) is 4.74 Å². The molecule has 0 bridgehead atoms. The lowest BCUT2D eigenvalue weighted by molar-refractivity contribution is -0.133. The summed E-state index contributed by atoms with van der Waals surface area (Å²) >= 11 is 0. The molecule has 0 spiro atoms. The number of hydrogen-bond donors (Lipinski definition) is 1. The lowest BCUT2D eigenvalue weighted by Crippen LogP contribution is -2.43. The van der Waals surface area contributed by atoms with Crippen LogP contribution in [0.25, 0.3) is 0 Å². The van der Waals surface area contributed by atoms with Crippen molar-refractivity contribution < 1.29 is 19.1 Å². The predicted octanol–water partition coefficient (Wildman–Crippen LogP) is 3.41. The summed E-state index contributed by atoms with van der Waals surface area (Å²) in [5, 5.41) is 6.96. The summed E-state index contributed by atoms with van der Waals surface area (Å²) in [4.78, 5) is 39.5. The predicted molar refractivity (Wildman–Crippen MR) is 127 cm³/mol. The monoisotopic (exact) mass is 460 g/mol. The van der Waals surface area contributed by atoms with Crippen molar-refractivity contribution >= 4 is 23.3 Å². The Labute approximate surface area is 198 Å². The molecule has 1 aliphatic heterocycles.